The summed E-state index contributed by atoms with van der Waals surface area (Å²) in [6.07, 6.45) is 3.83. The van der Waals surface area contributed by atoms with Crippen molar-refractivity contribution in [2.24, 2.45) is 0 Å². The molecular formula is C11H14O5. The van der Waals surface area contributed by atoms with E-state index in [1.165, 1.54) is 6.08 Å². The molecule has 0 unspecified atom stereocenters. The second kappa shape index (κ2) is 5.34. The number of hydrogen-bond acceptors (Lipinski definition) is 4. The van der Waals surface area contributed by atoms with Gasteiger partial charge in [-0.2, -0.15) is 0 Å². The van der Waals surface area contributed by atoms with Crippen LogP contribution in [0.15, 0.2) is 23.0 Å². The van der Waals surface area contributed by atoms with Gasteiger partial charge in [0.25, 0.3) is 0 Å². The molecule has 0 fully saturated rings. The number of carbonyl (C=O) groups excluding carboxylic acids is 1. The number of methoxy groups -OCH3 is 1. The SMILES string of the molecule is COC(=O)/C1=C(\O)CCCCC=C1C(=O)O. The maximum atomic E-state index is 11.4. The van der Waals surface area contributed by atoms with Crippen LogP contribution in [0.5, 0.6) is 0 Å². The van der Waals surface area contributed by atoms with E-state index in [0.29, 0.717) is 12.8 Å². The minimum atomic E-state index is -1.23. The molecule has 0 atom stereocenters. The largest absolute Gasteiger partial charge is 0.511 e. The summed E-state index contributed by atoms with van der Waals surface area (Å²) in [7, 11) is 1.15. The summed E-state index contributed by atoms with van der Waals surface area (Å²) in [5, 5.41) is 18.6. The number of ether oxygens (including phenoxy) is 1. The third-order valence-corrected chi connectivity index (χ3v) is 2.39. The Morgan fingerprint density at radius 1 is 1.38 bits per heavy atom. The van der Waals surface area contributed by atoms with E-state index in [1.54, 1.807) is 0 Å². The lowest BCUT2D eigenvalue weighted by Crippen LogP contribution is -2.16. The molecular weight excluding hydrogens is 212 g/mol. The molecule has 0 radical (unpaired) electrons. The second-order valence-corrected chi connectivity index (χ2v) is 3.48. The predicted molar refractivity (Wildman–Crippen MR) is 55.9 cm³/mol. The van der Waals surface area contributed by atoms with Gasteiger partial charge < -0.3 is 14.9 Å². The minimum absolute atomic E-state index is 0.177. The molecule has 88 valence electrons. The summed E-state index contributed by atoms with van der Waals surface area (Å²) in [5.74, 6) is -2.25. The van der Waals surface area contributed by atoms with Crippen LogP contribution >= 0.6 is 0 Å². The third-order valence-electron chi connectivity index (χ3n) is 2.39. The molecule has 0 aliphatic heterocycles. The molecule has 0 saturated carbocycles. The molecule has 1 rings (SSSR count). The Labute approximate surface area is 93.0 Å². The standard InChI is InChI=1S/C11H14O5/c1-16-11(15)9-7(10(13)14)5-3-2-4-6-8(9)12/h5,12H,2-4,6H2,1H3,(H,13,14)/b7-5?,9-8-. The molecule has 0 saturated heterocycles. The Balaban J connectivity index is 3.21. The zero-order chi connectivity index (χ0) is 12.1. The van der Waals surface area contributed by atoms with Gasteiger partial charge in [0.2, 0.25) is 0 Å². The van der Waals surface area contributed by atoms with Crippen LogP contribution in [-0.4, -0.2) is 29.3 Å². The average molecular weight is 226 g/mol. The van der Waals surface area contributed by atoms with Crippen molar-refractivity contribution in [1.82, 2.24) is 0 Å². The fourth-order valence-corrected chi connectivity index (χ4v) is 1.59. The molecule has 2 N–H and O–H groups in total. The lowest BCUT2D eigenvalue weighted by Gasteiger charge is -2.12. The summed E-state index contributed by atoms with van der Waals surface area (Å²) in [6, 6.07) is 0. The summed E-state index contributed by atoms with van der Waals surface area (Å²) in [6.45, 7) is 0. The lowest BCUT2D eigenvalue weighted by molar-refractivity contribution is -0.138. The molecule has 0 aromatic carbocycles. The minimum Gasteiger partial charge on any atom is -0.511 e. The van der Waals surface area contributed by atoms with Gasteiger partial charge in [-0.1, -0.05) is 6.08 Å². The van der Waals surface area contributed by atoms with E-state index in [2.05, 4.69) is 4.74 Å². The lowest BCUT2D eigenvalue weighted by atomic mass is 9.97. The number of allylic oxidation sites excluding steroid dienone is 2. The summed E-state index contributed by atoms with van der Waals surface area (Å²) in [4.78, 5) is 22.4. The quantitative estimate of drug-likeness (QED) is 0.698. The van der Waals surface area contributed by atoms with E-state index in [9.17, 15) is 14.7 Å². The summed E-state index contributed by atoms with van der Waals surface area (Å²) >= 11 is 0. The van der Waals surface area contributed by atoms with E-state index in [1.807, 2.05) is 0 Å². The summed E-state index contributed by atoms with van der Waals surface area (Å²) < 4.78 is 4.48. The topological polar surface area (TPSA) is 83.8 Å². The van der Waals surface area contributed by atoms with Gasteiger partial charge in [-0.3, -0.25) is 0 Å². The van der Waals surface area contributed by atoms with E-state index in [4.69, 9.17) is 5.11 Å². The van der Waals surface area contributed by atoms with E-state index in [-0.39, 0.29) is 16.9 Å². The van der Waals surface area contributed by atoms with Gasteiger partial charge in [0, 0.05) is 6.42 Å². The van der Waals surface area contributed by atoms with E-state index in [0.717, 1.165) is 20.0 Å². The molecule has 1 aliphatic carbocycles. The van der Waals surface area contributed by atoms with Gasteiger partial charge in [0.1, 0.15) is 11.3 Å². The number of carboxylic acids is 1. The predicted octanol–water partition coefficient (Wildman–Crippen LogP) is 1.56. The van der Waals surface area contributed by atoms with Crippen LogP contribution < -0.4 is 0 Å². The van der Waals surface area contributed by atoms with Crippen LogP contribution in [-0.2, 0) is 14.3 Å². The molecule has 0 heterocycles. The fourth-order valence-electron chi connectivity index (χ4n) is 1.59. The zero-order valence-corrected chi connectivity index (χ0v) is 9.02. The Bertz CT molecular complexity index is 365. The maximum Gasteiger partial charge on any atom is 0.342 e. The first-order chi connectivity index (χ1) is 7.57. The van der Waals surface area contributed by atoms with Crippen LogP contribution in [0.2, 0.25) is 0 Å². The van der Waals surface area contributed by atoms with Gasteiger partial charge in [0.05, 0.1) is 12.7 Å². The van der Waals surface area contributed by atoms with Crippen molar-refractivity contribution < 1.29 is 24.5 Å². The van der Waals surface area contributed by atoms with E-state index < -0.39 is 11.9 Å². The summed E-state index contributed by atoms with van der Waals surface area (Å²) in [5.41, 5.74) is -0.404. The first-order valence-electron chi connectivity index (χ1n) is 5.02. The third kappa shape index (κ3) is 2.62. The van der Waals surface area contributed by atoms with E-state index >= 15 is 0 Å². The van der Waals surface area contributed by atoms with Crippen LogP contribution in [0.25, 0.3) is 0 Å². The maximum absolute atomic E-state index is 11.4. The number of hydrogen-bond donors (Lipinski definition) is 2. The molecule has 0 aromatic heterocycles. The molecule has 0 amide bonds. The van der Waals surface area contributed by atoms with Gasteiger partial charge in [-0.15, -0.1) is 0 Å². The number of esters is 1. The van der Waals surface area contributed by atoms with Crippen molar-refractivity contribution in [3.63, 3.8) is 0 Å². The number of aliphatic carboxylic acids is 1. The first-order valence-corrected chi connectivity index (χ1v) is 5.02. The number of carbonyl (C=O) groups is 2. The smallest absolute Gasteiger partial charge is 0.342 e. The Morgan fingerprint density at radius 3 is 2.62 bits per heavy atom. The highest BCUT2D eigenvalue weighted by Crippen LogP contribution is 2.23. The number of aliphatic hydroxyl groups excluding tert-OH is 1. The number of aliphatic hydroxyl groups is 1. The molecule has 5 nitrogen and oxygen atoms in total. The Hall–Kier alpha value is -1.78. The molecule has 5 heteroatoms. The van der Waals surface area contributed by atoms with Crippen molar-refractivity contribution >= 4 is 11.9 Å². The van der Waals surface area contributed by atoms with Gasteiger partial charge in [-0.25, -0.2) is 9.59 Å². The Kier molecular flexibility index (Phi) is 4.10. The van der Waals surface area contributed by atoms with Crippen LogP contribution in [0.4, 0.5) is 0 Å². The van der Waals surface area contributed by atoms with Crippen molar-refractivity contribution in [2.45, 2.75) is 25.7 Å². The fraction of sp³-hybridized carbons (Fsp3) is 0.455. The van der Waals surface area contributed by atoms with Gasteiger partial charge in [-0.05, 0) is 19.3 Å². The number of carboxylic acid groups (broad SMARTS) is 1. The van der Waals surface area contributed by atoms with Crippen LogP contribution in [0, 0.1) is 0 Å². The molecule has 0 spiro atoms. The number of rotatable bonds is 2. The average Bonchev–Trinajstić information content (AvgIpc) is 2.22. The second-order valence-electron chi connectivity index (χ2n) is 3.48. The van der Waals surface area contributed by atoms with Crippen molar-refractivity contribution in [1.29, 1.82) is 0 Å². The van der Waals surface area contributed by atoms with Crippen molar-refractivity contribution in [2.75, 3.05) is 7.11 Å². The van der Waals surface area contributed by atoms with Crippen LogP contribution in [0.1, 0.15) is 25.7 Å². The highest BCUT2D eigenvalue weighted by Gasteiger charge is 2.25. The first kappa shape index (κ1) is 12.3. The monoisotopic (exact) mass is 226 g/mol. The highest BCUT2D eigenvalue weighted by atomic mass is 16.5. The Morgan fingerprint density at radius 2 is 2.06 bits per heavy atom. The normalized spacial score (nSPS) is 21.7. The molecule has 16 heavy (non-hydrogen) atoms. The van der Waals surface area contributed by atoms with Gasteiger partial charge >= 0.3 is 11.9 Å². The van der Waals surface area contributed by atoms with Crippen LogP contribution in [0.3, 0.4) is 0 Å². The molecule has 0 bridgehead atoms. The van der Waals surface area contributed by atoms with Crippen molar-refractivity contribution in [3.05, 3.63) is 23.0 Å². The zero-order valence-electron chi connectivity index (χ0n) is 9.02. The highest BCUT2D eigenvalue weighted by molar-refractivity contribution is 6.06. The van der Waals surface area contributed by atoms with Gasteiger partial charge in [0.15, 0.2) is 0 Å². The van der Waals surface area contributed by atoms with Crippen molar-refractivity contribution in [3.8, 4) is 0 Å². The molecule has 1 aliphatic rings. The molecule has 0 aromatic rings.